The number of aryl methyl sites for hydroxylation is 2. The van der Waals surface area contributed by atoms with Gasteiger partial charge in [-0.25, -0.2) is 0 Å². The maximum absolute atomic E-state index is 6.20. The van der Waals surface area contributed by atoms with Gasteiger partial charge in [-0.15, -0.1) is 11.3 Å². The van der Waals surface area contributed by atoms with Gasteiger partial charge in [0.1, 0.15) is 4.34 Å². The van der Waals surface area contributed by atoms with E-state index in [-0.39, 0.29) is 6.04 Å². The molecule has 0 saturated heterocycles. The van der Waals surface area contributed by atoms with Gasteiger partial charge in [0.2, 0.25) is 0 Å². The Morgan fingerprint density at radius 2 is 2.05 bits per heavy atom. The molecule has 2 aromatic rings. The molecule has 0 bridgehead atoms. The number of nitrogens with one attached hydrogen (secondary N) is 1. The van der Waals surface area contributed by atoms with Crippen LogP contribution in [-0.4, -0.2) is 6.54 Å². The van der Waals surface area contributed by atoms with Crippen LogP contribution in [0.2, 0.25) is 4.34 Å². The molecule has 1 N–H and O–H groups in total. The lowest BCUT2D eigenvalue weighted by atomic mass is 9.98. The summed E-state index contributed by atoms with van der Waals surface area (Å²) in [5.74, 6) is 0. The predicted molar refractivity (Wildman–Crippen MR) is 93.1 cm³/mol. The lowest BCUT2D eigenvalue weighted by Crippen LogP contribution is -2.23. The van der Waals surface area contributed by atoms with Gasteiger partial charge in [0.15, 0.2) is 0 Å². The van der Waals surface area contributed by atoms with E-state index in [1.807, 2.05) is 0 Å². The van der Waals surface area contributed by atoms with Crippen molar-refractivity contribution >= 4 is 38.9 Å². The van der Waals surface area contributed by atoms with Crippen LogP contribution >= 0.6 is 38.9 Å². The fourth-order valence-electron chi connectivity index (χ4n) is 2.31. The zero-order chi connectivity index (χ0) is 14.7. The van der Waals surface area contributed by atoms with Crippen LogP contribution in [0.4, 0.5) is 0 Å². The summed E-state index contributed by atoms with van der Waals surface area (Å²) < 4.78 is 1.79. The van der Waals surface area contributed by atoms with Gasteiger partial charge in [-0.2, -0.15) is 0 Å². The van der Waals surface area contributed by atoms with Crippen LogP contribution in [0, 0.1) is 13.8 Å². The van der Waals surface area contributed by atoms with E-state index in [9.17, 15) is 0 Å². The maximum atomic E-state index is 6.20. The van der Waals surface area contributed by atoms with E-state index in [1.165, 1.54) is 21.6 Å². The molecule has 1 nitrogen and oxygen atoms in total. The van der Waals surface area contributed by atoms with E-state index in [2.05, 4.69) is 66.3 Å². The molecule has 108 valence electrons. The predicted octanol–water partition coefficient (Wildman–Crippen LogP) is 5.87. The maximum Gasteiger partial charge on any atom is 0.107 e. The van der Waals surface area contributed by atoms with Crippen molar-refractivity contribution in [2.24, 2.45) is 0 Å². The number of rotatable bonds is 5. The summed E-state index contributed by atoms with van der Waals surface area (Å²) in [5, 5.41) is 3.63. The van der Waals surface area contributed by atoms with Gasteiger partial charge < -0.3 is 5.32 Å². The second-order valence-corrected chi connectivity index (χ2v) is 7.56. The first kappa shape index (κ1) is 16.0. The van der Waals surface area contributed by atoms with E-state index in [0.717, 1.165) is 21.8 Å². The van der Waals surface area contributed by atoms with Crippen molar-refractivity contribution < 1.29 is 0 Å². The van der Waals surface area contributed by atoms with Gasteiger partial charge in [0, 0.05) is 9.35 Å². The van der Waals surface area contributed by atoms with E-state index in [4.69, 9.17) is 11.6 Å². The van der Waals surface area contributed by atoms with Crippen molar-refractivity contribution in [1.82, 2.24) is 5.32 Å². The van der Waals surface area contributed by atoms with Crippen LogP contribution in [-0.2, 0) is 0 Å². The molecule has 0 amide bonds. The molecule has 0 saturated carbocycles. The zero-order valence-corrected chi connectivity index (χ0v) is 15.1. The highest BCUT2D eigenvalue weighted by atomic mass is 79.9. The summed E-state index contributed by atoms with van der Waals surface area (Å²) in [4.78, 5) is 1.25. The quantitative estimate of drug-likeness (QED) is 0.692. The minimum absolute atomic E-state index is 0.212. The van der Waals surface area contributed by atoms with Crippen molar-refractivity contribution in [2.75, 3.05) is 6.54 Å². The molecule has 0 aliphatic heterocycles. The average molecular weight is 373 g/mol. The van der Waals surface area contributed by atoms with E-state index in [0.29, 0.717) is 0 Å². The molecule has 0 radical (unpaired) electrons. The van der Waals surface area contributed by atoms with Gasteiger partial charge in [-0.1, -0.05) is 42.3 Å². The largest absolute Gasteiger partial charge is 0.306 e. The van der Waals surface area contributed by atoms with Crippen LogP contribution in [0.25, 0.3) is 0 Å². The van der Waals surface area contributed by atoms with Crippen LogP contribution < -0.4 is 5.32 Å². The lowest BCUT2D eigenvalue weighted by molar-refractivity contribution is 0.603. The zero-order valence-electron chi connectivity index (χ0n) is 12.0. The molecule has 4 heteroatoms. The first-order chi connectivity index (χ1) is 9.52. The Kier molecular flexibility index (Phi) is 5.67. The molecule has 0 aliphatic carbocycles. The number of thiophene rings is 1. The molecule has 0 spiro atoms. The van der Waals surface area contributed by atoms with Gasteiger partial charge in [0.25, 0.3) is 0 Å². The molecule has 1 aromatic carbocycles. The Bertz CT molecular complexity index is 575. The molecule has 1 atom stereocenters. The Labute approximate surface area is 138 Å². The summed E-state index contributed by atoms with van der Waals surface area (Å²) in [5.41, 5.74) is 3.94. The Morgan fingerprint density at radius 3 is 2.60 bits per heavy atom. The SMILES string of the molecule is CCCNC(c1cc(Br)c(Cl)s1)c1ccc(C)cc1C. The van der Waals surface area contributed by atoms with Crippen molar-refractivity contribution in [1.29, 1.82) is 0 Å². The number of halogens is 2. The van der Waals surface area contributed by atoms with E-state index >= 15 is 0 Å². The summed E-state index contributed by atoms with van der Waals surface area (Å²) in [7, 11) is 0. The number of hydrogen-bond acceptors (Lipinski definition) is 2. The van der Waals surface area contributed by atoms with Gasteiger partial charge >= 0.3 is 0 Å². The summed E-state index contributed by atoms with van der Waals surface area (Å²) >= 11 is 11.3. The molecule has 20 heavy (non-hydrogen) atoms. The fourth-order valence-corrected chi connectivity index (χ4v) is 4.14. The first-order valence-electron chi connectivity index (χ1n) is 6.78. The van der Waals surface area contributed by atoms with Crippen molar-refractivity contribution in [3.63, 3.8) is 0 Å². The minimum Gasteiger partial charge on any atom is -0.306 e. The third-order valence-electron chi connectivity index (χ3n) is 3.28. The Hall–Kier alpha value is -0.350. The lowest BCUT2D eigenvalue weighted by Gasteiger charge is -2.20. The van der Waals surface area contributed by atoms with Crippen molar-refractivity contribution in [3.8, 4) is 0 Å². The number of benzene rings is 1. The molecule has 0 fully saturated rings. The summed E-state index contributed by atoms with van der Waals surface area (Å²) in [6.45, 7) is 7.48. The molecule has 2 rings (SSSR count). The highest BCUT2D eigenvalue weighted by molar-refractivity contribution is 9.10. The highest BCUT2D eigenvalue weighted by Crippen LogP contribution is 2.38. The van der Waals surface area contributed by atoms with Crippen LogP contribution in [0.1, 0.15) is 41.0 Å². The van der Waals surface area contributed by atoms with E-state index in [1.54, 1.807) is 11.3 Å². The smallest absolute Gasteiger partial charge is 0.107 e. The normalized spacial score (nSPS) is 12.7. The molecule has 0 aliphatic rings. The fraction of sp³-hybridized carbons (Fsp3) is 0.375. The van der Waals surface area contributed by atoms with Crippen LogP contribution in [0.3, 0.4) is 0 Å². The second kappa shape index (κ2) is 7.08. The van der Waals surface area contributed by atoms with Gasteiger partial charge in [0.05, 0.1) is 6.04 Å². The average Bonchev–Trinajstić information content (AvgIpc) is 2.72. The van der Waals surface area contributed by atoms with E-state index < -0.39 is 0 Å². The van der Waals surface area contributed by atoms with Crippen molar-refractivity contribution in [2.45, 2.75) is 33.2 Å². The van der Waals surface area contributed by atoms with Gasteiger partial charge in [-0.3, -0.25) is 0 Å². The van der Waals surface area contributed by atoms with Crippen molar-refractivity contribution in [3.05, 3.63) is 54.6 Å². The third kappa shape index (κ3) is 3.64. The first-order valence-corrected chi connectivity index (χ1v) is 8.77. The Morgan fingerprint density at radius 1 is 1.30 bits per heavy atom. The standard InChI is InChI=1S/C16H19BrClNS/c1-4-7-19-15(14-9-13(17)16(18)20-14)12-6-5-10(2)8-11(12)3/h5-6,8-9,15,19H,4,7H2,1-3H3. The number of hydrogen-bond donors (Lipinski definition) is 1. The van der Waals surface area contributed by atoms with Crippen LogP contribution in [0.15, 0.2) is 28.7 Å². The van der Waals surface area contributed by atoms with Gasteiger partial charge in [-0.05, 0) is 59.9 Å². The molecule has 1 unspecified atom stereocenters. The molecule has 1 heterocycles. The molecule has 1 aromatic heterocycles. The topological polar surface area (TPSA) is 12.0 Å². The summed E-state index contributed by atoms with van der Waals surface area (Å²) in [6, 6.07) is 8.97. The molecular formula is C16H19BrClNS. The monoisotopic (exact) mass is 371 g/mol. The Balaban J connectivity index is 2.41. The minimum atomic E-state index is 0.212. The second-order valence-electron chi connectivity index (χ2n) is 5.02. The van der Waals surface area contributed by atoms with Crippen LogP contribution in [0.5, 0.6) is 0 Å². The third-order valence-corrected chi connectivity index (χ3v) is 5.82. The highest BCUT2D eigenvalue weighted by Gasteiger charge is 2.19. The molecular weight excluding hydrogens is 354 g/mol. The summed E-state index contributed by atoms with van der Waals surface area (Å²) in [6.07, 6.45) is 1.11.